The Labute approximate surface area is 121 Å². The lowest BCUT2D eigenvalue weighted by molar-refractivity contribution is -0.141. The van der Waals surface area contributed by atoms with Crippen molar-refractivity contribution in [2.24, 2.45) is 5.92 Å². The van der Waals surface area contributed by atoms with E-state index >= 15 is 0 Å². The normalized spacial score (nSPS) is 22.2. The summed E-state index contributed by atoms with van der Waals surface area (Å²) in [6.07, 6.45) is 0.481. The Bertz CT molecular complexity index is 686. The molecule has 1 fully saturated rings. The molecule has 0 amide bonds. The Hall–Kier alpha value is -1.78. The van der Waals surface area contributed by atoms with Crippen molar-refractivity contribution in [1.29, 1.82) is 0 Å². The lowest BCUT2D eigenvalue weighted by Gasteiger charge is -2.14. The van der Waals surface area contributed by atoms with E-state index in [9.17, 15) is 9.90 Å². The van der Waals surface area contributed by atoms with Gasteiger partial charge >= 0.3 is 5.97 Å². The van der Waals surface area contributed by atoms with Gasteiger partial charge in [0.25, 0.3) is 0 Å². The molecule has 1 heterocycles. The zero-order valence-corrected chi connectivity index (χ0v) is 11.4. The maximum absolute atomic E-state index is 11.0. The van der Waals surface area contributed by atoms with Crippen LogP contribution in [-0.2, 0) is 4.79 Å². The van der Waals surface area contributed by atoms with Crippen LogP contribution in [0.3, 0.4) is 0 Å². The number of halogens is 1. The van der Waals surface area contributed by atoms with E-state index < -0.39 is 11.9 Å². The average Bonchev–Trinajstić information content (AvgIpc) is 2.88. The first-order valence-electron chi connectivity index (χ1n) is 6.43. The second kappa shape index (κ2) is 4.96. The van der Waals surface area contributed by atoms with Gasteiger partial charge in [-0.15, -0.1) is 0 Å². The summed E-state index contributed by atoms with van der Waals surface area (Å²) in [6.45, 7) is 0.424. The lowest BCUT2D eigenvalue weighted by Crippen LogP contribution is -2.17. The molecule has 2 aromatic rings. The fraction of sp³-hybridized carbons (Fsp3) is 0.267. The first kappa shape index (κ1) is 13.2. The summed E-state index contributed by atoms with van der Waals surface area (Å²) in [5, 5.41) is 24.8. The van der Waals surface area contributed by atoms with Crippen LogP contribution in [0.25, 0.3) is 10.8 Å². The van der Waals surface area contributed by atoms with E-state index in [1.807, 2.05) is 18.2 Å². The molecule has 1 saturated heterocycles. The van der Waals surface area contributed by atoms with Crippen LogP contribution in [0.4, 0.5) is 0 Å². The predicted molar refractivity (Wildman–Crippen MR) is 77.1 cm³/mol. The molecule has 0 radical (unpaired) electrons. The number of aliphatic carboxylic acids is 1. The maximum atomic E-state index is 11.0. The molecule has 2 unspecified atom stereocenters. The highest BCUT2D eigenvalue weighted by Crippen LogP contribution is 2.36. The Morgan fingerprint density at radius 3 is 2.75 bits per heavy atom. The van der Waals surface area contributed by atoms with Crippen molar-refractivity contribution in [3.8, 4) is 5.75 Å². The van der Waals surface area contributed by atoms with E-state index in [1.165, 1.54) is 0 Å². The van der Waals surface area contributed by atoms with Gasteiger partial charge < -0.3 is 15.5 Å². The molecular formula is C15H14ClNO3. The topological polar surface area (TPSA) is 69.6 Å². The minimum Gasteiger partial charge on any atom is -0.508 e. The summed E-state index contributed by atoms with van der Waals surface area (Å²) in [6, 6.07) is 8.89. The first-order chi connectivity index (χ1) is 9.54. The van der Waals surface area contributed by atoms with E-state index in [-0.39, 0.29) is 11.8 Å². The molecule has 3 rings (SSSR count). The van der Waals surface area contributed by atoms with Crippen LogP contribution in [0.15, 0.2) is 30.3 Å². The standard InChI is InChI=1S/C15H14ClNO3/c16-11-2-1-8-6-14(18)12(4-9(8)3-11)13-5-10(7-17-13)15(19)20/h1-4,6,10,13,17-18H,5,7H2,(H,19,20). The van der Waals surface area contributed by atoms with Gasteiger partial charge in [-0.2, -0.15) is 0 Å². The zero-order chi connectivity index (χ0) is 14.3. The minimum atomic E-state index is -0.802. The van der Waals surface area contributed by atoms with Crippen LogP contribution in [0.2, 0.25) is 5.02 Å². The third-order valence-corrected chi connectivity index (χ3v) is 4.04. The Kier molecular flexibility index (Phi) is 3.28. The van der Waals surface area contributed by atoms with Gasteiger partial charge in [0.1, 0.15) is 5.75 Å². The first-order valence-corrected chi connectivity index (χ1v) is 6.81. The van der Waals surface area contributed by atoms with Gasteiger partial charge in [-0.3, -0.25) is 4.79 Å². The van der Waals surface area contributed by atoms with Gasteiger partial charge in [-0.1, -0.05) is 17.7 Å². The molecule has 104 valence electrons. The summed E-state index contributed by atoms with van der Waals surface area (Å²) in [4.78, 5) is 11.0. The number of phenolic OH excluding ortho intramolecular Hbond substituents is 1. The Morgan fingerprint density at radius 1 is 1.25 bits per heavy atom. The van der Waals surface area contributed by atoms with E-state index in [1.54, 1.807) is 12.1 Å². The monoisotopic (exact) mass is 291 g/mol. The van der Waals surface area contributed by atoms with E-state index in [0.717, 1.165) is 16.3 Å². The predicted octanol–water partition coefficient (Wildman–Crippen LogP) is 2.93. The number of fused-ring (bicyclic) bond motifs is 1. The molecule has 0 bridgehead atoms. The van der Waals surface area contributed by atoms with Crippen molar-refractivity contribution in [2.45, 2.75) is 12.5 Å². The number of carbonyl (C=O) groups is 1. The molecule has 2 atom stereocenters. The number of aromatic hydroxyl groups is 1. The van der Waals surface area contributed by atoms with Crippen LogP contribution in [-0.4, -0.2) is 22.7 Å². The molecule has 0 aliphatic carbocycles. The van der Waals surface area contributed by atoms with Crippen LogP contribution >= 0.6 is 11.6 Å². The fourth-order valence-corrected chi connectivity index (χ4v) is 2.89. The number of carboxylic acid groups (broad SMARTS) is 1. The summed E-state index contributed by atoms with van der Waals surface area (Å²) in [5.41, 5.74) is 0.725. The largest absolute Gasteiger partial charge is 0.508 e. The van der Waals surface area contributed by atoms with E-state index in [0.29, 0.717) is 18.0 Å². The highest BCUT2D eigenvalue weighted by atomic mass is 35.5. The number of hydrogen-bond acceptors (Lipinski definition) is 3. The van der Waals surface area contributed by atoms with E-state index in [2.05, 4.69) is 5.32 Å². The van der Waals surface area contributed by atoms with Gasteiger partial charge in [-0.25, -0.2) is 0 Å². The van der Waals surface area contributed by atoms with Gasteiger partial charge in [-0.05, 0) is 41.5 Å². The molecule has 20 heavy (non-hydrogen) atoms. The van der Waals surface area contributed by atoms with E-state index in [4.69, 9.17) is 16.7 Å². The number of rotatable bonds is 2. The number of benzene rings is 2. The van der Waals surface area contributed by atoms with Crippen molar-refractivity contribution in [3.05, 3.63) is 40.9 Å². The third kappa shape index (κ3) is 2.32. The molecule has 0 spiro atoms. The number of phenols is 1. The Balaban J connectivity index is 1.99. The van der Waals surface area contributed by atoms with Crippen molar-refractivity contribution < 1.29 is 15.0 Å². The fourth-order valence-electron chi connectivity index (χ4n) is 2.71. The lowest BCUT2D eigenvalue weighted by atomic mass is 9.97. The van der Waals surface area contributed by atoms with Crippen LogP contribution in [0.1, 0.15) is 18.0 Å². The second-order valence-corrected chi connectivity index (χ2v) is 5.57. The average molecular weight is 292 g/mol. The summed E-state index contributed by atoms with van der Waals surface area (Å²) in [5.74, 6) is -1.03. The second-order valence-electron chi connectivity index (χ2n) is 5.13. The van der Waals surface area contributed by atoms with Crippen LogP contribution in [0.5, 0.6) is 5.75 Å². The molecule has 4 nitrogen and oxygen atoms in total. The number of hydrogen-bond donors (Lipinski definition) is 3. The zero-order valence-electron chi connectivity index (χ0n) is 10.6. The van der Waals surface area contributed by atoms with Gasteiger partial charge in [0.15, 0.2) is 0 Å². The molecule has 1 aliphatic rings. The van der Waals surface area contributed by atoms with Crippen molar-refractivity contribution in [1.82, 2.24) is 5.32 Å². The molecule has 3 N–H and O–H groups in total. The Morgan fingerprint density at radius 2 is 2.05 bits per heavy atom. The van der Waals surface area contributed by atoms with Crippen LogP contribution < -0.4 is 5.32 Å². The number of carboxylic acids is 1. The quantitative estimate of drug-likeness (QED) is 0.796. The summed E-state index contributed by atoms with van der Waals surface area (Å²) < 4.78 is 0. The van der Waals surface area contributed by atoms with Crippen LogP contribution in [0, 0.1) is 5.92 Å². The molecular weight excluding hydrogens is 278 g/mol. The van der Waals surface area contributed by atoms with Gasteiger partial charge in [0.2, 0.25) is 0 Å². The summed E-state index contributed by atoms with van der Waals surface area (Å²) in [7, 11) is 0. The highest BCUT2D eigenvalue weighted by Gasteiger charge is 2.31. The molecule has 2 aromatic carbocycles. The third-order valence-electron chi connectivity index (χ3n) is 3.80. The highest BCUT2D eigenvalue weighted by molar-refractivity contribution is 6.31. The molecule has 0 saturated carbocycles. The minimum absolute atomic E-state index is 0.139. The molecule has 5 heteroatoms. The van der Waals surface area contributed by atoms with Crippen molar-refractivity contribution in [3.63, 3.8) is 0 Å². The SMILES string of the molecule is O=C(O)C1CNC(c2cc3cc(Cl)ccc3cc2O)C1. The van der Waals surface area contributed by atoms with Crippen molar-refractivity contribution in [2.75, 3.05) is 6.54 Å². The molecule has 0 aromatic heterocycles. The maximum Gasteiger partial charge on any atom is 0.307 e. The van der Waals surface area contributed by atoms with Gasteiger partial charge in [0, 0.05) is 23.2 Å². The molecule has 1 aliphatic heterocycles. The number of nitrogens with one attached hydrogen (secondary N) is 1. The summed E-state index contributed by atoms with van der Waals surface area (Å²) >= 11 is 5.98. The smallest absolute Gasteiger partial charge is 0.307 e. The van der Waals surface area contributed by atoms with Gasteiger partial charge in [0.05, 0.1) is 5.92 Å². The van der Waals surface area contributed by atoms with Crippen molar-refractivity contribution >= 4 is 28.3 Å².